The number of fused-ring (bicyclic) bond motifs is 6. The Labute approximate surface area is 193 Å². The van der Waals surface area contributed by atoms with Gasteiger partial charge in [0.15, 0.2) is 17.3 Å². The molecule has 1 N–H and O–H groups in total. The number of rotatable bonds is 4. The Balaban J connectivity index is 1.55. The molecule has 0 aliphatic carbocycles. The van der Waals surface area contributed by atoms with Gasteiger partial charge in [0.2, 0.25) is 0 Å². The van der Waals surface area contributed by atoms with Crippen molar-refractivity contribution in [1.82, 2.24) is 0 Å². The maximum absolute atomic E-state index is 13.6. The van der Waals surface area contributed by atoms with Crippen LogP contribution in [0.2, 0.25) is 0 Å². The molecule has 0 saturated heterocycles. The molecule has 0 unspecified atom stereocenters. The number of halogens is 1. The van der Waals surface area contributed by atoms with E-state index in [0.29, 0.717) is 45.2 Å². The van der Waals surface area contributed by atoms with E-state index < -0.39 is 17.6 Å². The number of hydrogen-bond acceptors (Lipinski definition) is 7. The molecule has 0 fully saturated rings. The zero-order valence-corrected chi connectivity index (χ0v) is 19.6. The molecule has 31 heavy (non-hydrogen) atoms. The standard InChI is InChI=1S/C23H23IO7/c1-23(26,10-24)19-7-13-14(30-19)5-4-11-21(25)20-12-6-16(27-2)17(28-3)8-15(12)29-9-18(20)31-22(11)13/h4-6,8,18-20,26H,7,9-10H2,1-3H3/t18-,19-,20+,23-/m1/s1/i24-3. The first kappa shape index (κ1) is 20.7. The number of hydrogen-bond donors (Lipinski definition) is 1. The molecule has 0 aromatic heterocycles. The Kier molecular flexibility index (Phi) is 4.97. The molecular weight excluding hydrogens is 512 g/mol. The number of methoxy groups -OCH3 is 2. The van der Waals surface area contributed by atoms with Crippen molar-refractivity contribution in [1.29, 1.82) is 0 Å². The number of Topliss-reactive ketones (excluding diaryl/α,β-unsaturated/α-hetero) is 1. The van der Waals surface area contributed by atoms with Crippen molar-refractivity contribution in [3.05, 3.63) is 41.0 Å². The van der Waals surface area contributed by atoms with E-state index in [2.05, 4.69) is 22.6 Å². The maximum atomic E-state index is 13.6. The summed E-state index contributed by atoms with van der Waals surface area (Å²) in [5, 5.41) is 10.7. The fraction of sp³-hybridized carbons (Fsp3) is 0.435. The van der Waals surface area contributed by atoms with Gasteiger partial charge in [0.25, 0.3) is 0 Å². The average Bonchev–Trinajstić information content (AvgIpc) is 3.23. The van der Waals surface area contributed by atoms with Crippen LogP contribution in [0.5, 0.6) is 28.7 Å². The maximum Gasteiger partial charge on any atom is 0.178 e. The van der Waals surface area contributed by atoms with Gasteiger partial charge in [-0.3, -0.25) is 4.79 Å². The van der Waals surface area contributed by atoms with Crippen LogP contribution < -0.4 is 23.7 Å². The second kappa shape index (κ2) is 7.44. The Morgan fingerprint density at radius 1 is 1.16 bits per heavy atom. The number of carbonyl (C=O) groups is 1. The fourth-order valence-corrected chi connectivity index (χ4v) is 4.99. The van der Waals surface area contributed by atoms with Gasteiger partial charge < -0.3 is 28.8 Å². The highest BCUT2D eigenvalue weighted by atomic mass is 124. The molecule has 3 aliphatic rings. The van der Waals surface area contributed by atoms with Crippen LogP contribution in [-0.4, -0.2) is 54.0 Å². The highest BCUT2D eigenvalue weighted by Crippen LogP contribution is 2.50. The van der Waals surface area contributed by atoms with Crippen molar-refractivity contribution in [3.63, 3.8) is 0 Å². The van der Waals surface area contributed by atoms with Crippen LogP contribution in [0, 0.1) is 0 Å². The lowest BCUT2D eigenvalue weighted by Gasteiger charge is -2.37. The van der Waals surface area contributed by atoms with E-state index in [1.165, 1.54) is 0 Å². The lowest BCUT2D eigenvalue weighted by atomic mass is 9.81. The van der Waals surface area contributed by atoms with Gasteiger partial charge in [-0.25, -0.2) is 0 Å². The largest absolute Gasteiger partial charge is 0.493 e. The normalized spacial score (nSPS) is 24.9. The van der Waals surface area contributed by atoms with Crippen molar-refractivity contribution in [2.45, 2.75) is 37.1 Å². The Morgan fingerprint density at radius 3 is 2.61 bits per heavy atom. The minimum atomic E-state index is -0.976. The van der Waals surface area contributed by atoms with Gasteiger partial charge in [0.05, 0.1) is 25.7 Å². The van der Waals surface area contributed by atoms with Crippen molar-refractivity contribution in [3.8, 4) is 28.7 Å². The number of ketones is 1. The molecular formula is C23H23IO7. The van der Waals surface area contributed by atoms with Crippen LogP contribution in [-0.2, 0) is 6.42 Å². The smallest absolute Gasteiger partial charge is 0.178 e. The topological polar surface area (TPSA) is 83.5 Å². The molecule has 164 valence electrons. The molecule has 2 aromatic rings. The summed E-state index contributed by atoms with van der Waals surface area (Å²) in [5.41, 5.74) is 1.11. The van der Waals surface area contributed by atoms with E-state index in [4.69, 9.17) is 23.7 Å². The zero-order chi connectivity index (χ0) is 21.9. The van der Waals surface area contributed by atoms with Gasteiger partial charge >= 0.3 is 0 Å². The van der Waals surface area contributed by atoms with E-state index in [1.807, 2.05) is 0 Å². The summed E-state index contributed by atoms with van der Waals surface area (Å²) in [5.74, 6) is 2.37. The van der Waals surface area contributed by atoms with Crippen LogP contribution in [0.3, 0.4) is 0 Å². The van der Waals surface area contributed by atoms with Gasteiger partial charge in [-0.2, -0.15) is 0 Å². The average molecular weight is 535 g/mol. The third-order valence-corrected chi connectivity index (χ3v) is 7.83. The van der Waals surface area contributed by atoms with Gasteiger partial charge in [-0.15, -0.1) is 0 Å². The minimum Gasteiger partial charge on any atom is -0.493 e. The van der Waals surface area contributed by atoms with E-state index in [1.54, 1.807) is 45.4 Å². The molecule has 5 rings (SSSR count). The van der Waals surface area contributed by atoms with Crippen LogP contribution in [0.25, 0.3) is 0 Å². The second-order valence-electron chi connectivity index (χ2n) is 8.27. The lowest BCUT2D eigenvalue weighted by Crippen LogP contribution is -2.44. The van der Waals surface area contributed by atoms with E-state index in [0.717, 1.165) is 11.1 Å². The third-order valence-electron chi connectivity index (χ3n) is 6.28. The number of aliphatic hydroxyl groups is 1. The number of benzene rings is 2. The Morgan fingerprint density at radius 2 is 1.90 bits per heavy atom. The third kappa shape index (κ3) is 3.14. The highest BCUT2D eigenvalue weighted by Gasteiger charge is 2.47. The highest BCUT2D eigenvalue weighted by molar-refractivity contribution is 14.1. The predicted octanol–water partition coefficient (Wildman–Crippen LogP) is 3.31. The second-order valence-corrected chi connectivity index (χ2v) is 9.04. The van der Waals surface area contributed by atoms with Gasteiger partial charge in [-0.1, -0.05) is 22.6 Å². The summed E-state index contributed by atoms with van der Waals surface area (Å²) in [6.07, 6.45) is -0.356. The lowest BCUT2D eigenvalue weighted by molar-refractivity contribution is -0.0167. The van der Waals surface area contributed by atoms with Crippen LogP contribution >= 0.6 is 22.6 Å². The molecule has 0 saturated carbocycles. The quantitative estimate of drug-likeness (QED) is 0.475. The molecule has 3 aliphatic heterocycles. The summed E-state index contributed by atoms with van der Waals surface area (Å²) in [6, 6.07) is 7.10. The minimum absolute atomic E-state index is 0.0186. The summed E-state index contributed by atoms with van der Waals surface area (Å²) < 4.78 is 29.6. The Hall–Kier alpha value is -2.20. The number of alkyl halides is 1. The number of carbonyl (C=O) groups excluding carboxylic acids is 1. The molecule has 0 bridgehead atoms. The van der Waals surface area contributed by atoms with Crippen molar-refractivity contribution < 1.29 is 33.6 Å². The molecule has 0 amide bonds. The van der Waals surface area contributed by atoms with Crippen LogP contribution in [0.4, 0.5) is 0 Å². The zero-order valence-electron chi connectivity index (χ0n) is 17.4. The van der Waals surface area contributed by atoms with E-state index >= 15 is 0 Å². The molecule has 7 nitrogen and oxygen atoms in total. The van der Waals surface area contributed by atoms with Crippen molar-refractivity contribution in [2.24, 2.45) is 0 Å². The van der Waals surface area contributed by atoms with Gasteiger partial charge in [0.1, 0.15) is 41.7 Å². The molecule has 4 atom stereocenters. The predicted molar refractivity (Wildman–Crippen MR) is 121 cm³/mol. The first-order chi connectivity index (χ1) is 14.9. The van der Waals surface area contributed by atoms with Crippen molar-refractivity contribution >= 4 is 28.4 Å². The SMILES string of the molecule is COc1cc2c(cc1OC)[C@@H]1C(=O)c3ccc4c(c3O[C@@H]1CO2)C[C@H]([C@](C)(O)C[124I])O4. The summed E-state index contributed by atoms with van der Waals surface area (Å²) in [7, 11) is 3.12. The monoisotopic (exact) mass is 535 g/mol. The van der Waals surface area contributed by atoms with Crippen molar-refractivity contribution in [2.75, 3.05) is 25.3 Å². The molecule has 8 heteroatoms. The fourth-order valence-electron chi connectivity index (χ4n) is 4.50. The summed E-state index contributed by atoms with van der Waals surface area (Å²) in [4.78, 5) is 13.6. The summed E-state index contributed by atoms with van der Waals surface area (Å²) in [6.45, 7) is 2.01. The molecule has 3 heterocycles. The van der Waals surface area contributed by atoms with Crippen LogP contribution in [0.15, 0.2) is 24.3 Å². The van der Waals surface area contributed by atoms with E-state index in [-0.39, 0.29) is 18.5 Å². The van der Waals surface area contributed by atoms with Gasteiger partial charge in [-0.05, 0) is 25.1 Å². The Bertz CT molecular complexity index is 1060. The first-order valence-electron chi connectivity index (χ1n) is 10.1. The molecule has 0 spiro atoms. The molecule has 0 radical (unpaired) electrons. The number of ether oxygens (including phenoxy) is 5. The first-order valence-corrected chi connectivity index (χ1v) is 11.6. The summed E-state index contributed by atoms with van der Waals surface area (Å²) >= 11 is 2.15. The van der Waals surface area contributed by atoms with Gasteiger partial charge in [0, 0.05) is 28.0 Å². The van der Waals surface area contributed by atoms with Crippen LogP contribution in [0.1, 0.15) is 34.3 Å². The molecule has 2 aromatic carbocycles. The van der Waals surface area contributed by atoms with E-state index in [9.17, 15) is 9.90 Å².